The summed E-state index contributed by atoms with van der Waals surface area (Å²) >= 11 is 1.76. The van der Waals surface area contributed by atoms with Gasteiger partial charge >= 0.3 is 0 Å². The van der Waals surface area contributed by atoms with Crippen molar-refractivity contribution in [1.29, 1.82) is 0 Å². The van der Waals surface area contributed by atoms with Crippen molar-refractivity contribution in [3.05, 3.63) is 35.0 Å². The molecule has 1 aliphatic rings. The van der Waals surface area contributed by atoms with Crippen LogP contribution in [0.5, 0.6) is 0 Å². The zero-order valence-corrected chi connectivity index (χ0v) is 13.5. The fourth-order valence-corrected chi connectivity index (χ4v) is 4.70. The van der Waals surface area contributed by atoms with Crippen LogP contribution in [-0.4, -0.2) is 6.54 Å². The van der Waals surface area contributed by atoms with Crippen molar-refractivity contribution in [2.75, 3.05) is 6.54 Å². The minimum Gasteiger partial charge on any atom is -0.309 e. The van der Waals surface area contributed by atoms with E-state index in [1.54, 1.807) is 23.5 Å². The molecule has 3 heteroatoms. The first kappa shape index (κ1) is 15.0. The lowest BCUT2D eigenvalue weighted by molar-refractivity contribution is 0.275. The van der Waals surface area contributed by atoms with Gasteiger partial charge in [-0.05, 0) is 55.3 Å². The predicted molar refractivity (Wildman–Crippen MR) is 89.4 cm³/mol. The lowest BCUT2D eigenvalue weighted by Crippen LogP contribution is -2.29. The highest BCUT2D eigenvalue weighted by Gasteiger charge is 2.25. The Morgan fingerprint density at radius 1 is 1.24 bits per heavy atom. The van der Waals surface area contributed by atoms with Crippen LogP contribution < -0.4 is 5.32 Å². The largest absolute Gasteiger partial charge is 0.309 e. The van der Waals surface area contributed by atoms with Gasteiger partial charge in [0.25, 0.3) is 0 Å². The second-order valence-electron chi connectivity index (χ2n) is 6.16. The lowest BCUT2D eigenvalue weighted by Gasteiger charge is -2.30. The number of rotatable bonds is 5. The predicted octanol–water partition coefficient (Wildman–Crippen LogP) is 5.66. The molecule has 1 aromatic carbocycles. The third kappa shape index (κ3) is 3.46. The molecule has 1 atom stereocenters. The summed E-state index contributed by atoms with van der Waals surface area (Å²) in [6, 6.07) is 7.85. The van der Waals surface area contributed by atoms with E-state index in [-0.39, 0.29) is 5.82 Å². The van der Waals surface area contributed by atoms with Gasteiger partial charge in [0.2, 0.25) is 0 Å². The Kier molecular flexibility index (Phi) is 4.91. The third-order valence-electron chi connectivity index (χ3n) is 4.54. The van der Waals surface area contributed by atoms with Crippen molar-refractivity contribution in [3.63, 3.8) is 0 Å². The molecular formula is C18H24FNS. The Hall–Kier alpha value is -0.930. The molecule has 1 saturated carbocycles. The van der Waals surface area contributed by atoms with E-state index in [0.29, 0.717) is 6.04 Å². The zero-order valence-electron chi connectivity index (χ0n) is 12.7. The molecule has 1 heterocycles. The first-order valence-electron chi connectivity index (χ1n) is 8.20. The van der Waals surface area contributed by atoms with Crippen molar-refractivity contribution >= 4 is 21.4 Å². The lowest BCUT2D eigenvalue weighted by atomic mass is 9.83. The highest BCUT2D eigenvalue weighted by Crippen LogP contribution is 2.39. The molecule has 0 radical (unpaired) electrons. The van der Waals surface area contributed by atoms with Crippen molar-refractivity contribution in [3.8, 4) is 0 Å². The second kappa shape index (κ2) is 6.89. The van der Waals surface area contributed by atoms with Gasteiger partial charge in [0, 0.05) is 15.6 Å². The highest BCUT2D eigenvalue weighted by atomic mass is 32.1. The number of fused-ring (bicyclic) bond motifs is 1. The molecule has 0 aliphatic heterocycles. The fraction of sp³-hybridized carbons (Fsp3) is 0.556. The maximum Gasteiger partial charge on any atom is 0.124 e. The van der Waals surface area contributed by atoms with Gasteiger partial charge in [0.05, 0.1) is 0 Å². The number of hydrogen-bond donors (Lipinski definition) is 1. The molecule has 21 heavy (non-hydrogen) atoms. The summed E-state index contributed by atoms with van der Waals surface area (Å²) in [5.74, 6) is 0.606. The van der Waals surface area contributed by atoms with Gasteiger partial charge < -0.3 is 5.32 Å². The van der Waals surface area contributed by atoms with Crippen LogP contribution in [0, 0.1) is 11.7 Å². The molecule has 1 nitrogen and oxygen atoms in total. The summed E-state index contributed by atoms with van der Waals surface area (Å²) < 4.78 is 14.5. The van der Waals surface area contributed by atoms with Crippen LogP contribution in [-0.2, 0) is 0 Å². The first-order valence-corrected chi connectivity index (χ1v) is 9.02. The summed E-state index contributed by atoms with van der Waals surface area (Å²) in [5.41, 5.74) is 0. The molecule has 1 aromatic heterocycles. The monoisotopic (exact) mass is 305 g/mol. The fourth-order valence-electron chi connectivity index (χ4n) is 3.45. The molecular weight excluding hydrogens is 281 g/mol. The molecule has 0 spiro atoms. The van der Waals surface area contributed by atoms with Gasteiger partial charge in [-0.1, -0.05) is 32.3 Å². The minimum atomic E-state index is -0.133. The van der Waals surface area contributed by atoms with E-state index in [1.807, 2.05) is 6.07 Å². The number of nitrogens with one attached hydrogen (secondary N) is 1. The van der Waals surface area contributed by atoms with Crippen LogP contribution in [0.15, 0.2) is 24.3 Å². The summed E-state index contributed by atoms with van der Waals surface area (Å²) in [5, 5.41) is 4.92. The Morgan fingerprint density at radius 2 is 2.05 bits per heavy atom. The molecule has 3 rings (SSSR count). The van der Waals surface area contributed by atoms with Gasteiger partial charge in [-0.25, -0.2) is 4.39 Å². The molecule has 0 bridgehead atoms. The van der Waals surface area contributed by atoms with Gasteiger partial charge in [-0.2, -0.15) is 0 Å². The van der Waals surface area contributed by atoms with E-state index >= 15 is 0 Å². The average Bonchev–Trinajstić information content (AvgIpc) is 2.91. The van der Waals surface area contributed by atoms with E-state index in [9.17, 15) is 4.39 Å². The van der Waals surface area contributed by atoms with Crippen molar-refractivity contribution in [1.82, 2.24) is 5.32 Å². The van der Waals surface area contributed by atoms with E-state index in [2.05, 4.69) is 18.3 Å². The van der Waals surface area contributed by atoms with Crippen LogP contribution in [0.25, 0.3) is 10.1 Å². The van der Waals surface area contributed by atoms with E-state index in [4.69, 9.17) is 0 Å². The quantitative estimate of drug-likeness (QED) is 0.751. The number of halogens is 1. The van der Waals surface area contributed by atoms with Crippen molar-refractivity contribution in [2.45, 2.75) is 51.5 Å². The van der Waals surface area contributed by atoms with Crippen LogP contribution >= 0.6 is 11.3 Å². The SMILES string of the molecule is CCCNC(c1cc2ccc(F)cc2s1)C1CCCCC1. The van der Waals surface area contributed by atoms with Crippen LogP contribution in [0.4, 0.5) is 4.39 Å². The topological polar surface area (TPSA) is 12.0 Å². The van der Waals surface area contributed by atoms with Gasteiger partial charge in [0.15, 0.2) is 0 Å². The standard InChI is InChI=1S/C18H24FNS/c1-2-10-20-18(13-6-4-3-5-7-13)17-11-14-8-9-15(19)12-16(14)21-17/h8-9,11-13,18,20H,2-7,10H2,1H3. The van der Waals surface area contributed by atoms with Gasteiger partial charge in [-0.3, -0.25) is 0 Å². The molecule has 1 aliphatic carbocycles. The molecule has 1 fully saturated rings. The summed E-state index contributed by atoms with van der Waals surface area (Å²) in [6.45, 7) is 3.27. The van der Waals surface area contributed by atoms with Crippen LogP contribution in [0.3, 0.4) is 0 Å². The van der Waals surface area contributed by atoms with Crippen molar-refractivity contribution in [2.24, 2.45) is 5.92 Å². The second-order valence-corrected chi connectivity index (χ2v) is 7.28. The molecule has 0 amide bonds. The molecule has 2 aromatic rings. The van der Waals surface area contributed by atoms with Gasteiger partial charge in [-0.15, -0.1) is 11.3 Å². The highest BCUT2D eigenvalue weighted by molar-refractivity contribution is 7.19. The smallest absolute Gasteiger partial charge is 0.124 e. The normalized spacial score (nSPS) is 18.2. The summed E-state index contributed by atoms with van der Waals surface area (Å²) in [6.07, 6.45) is 7.90. The first-order chi connectivity index (χ1) is 10.3. The molecule has 114 valence electrons. The van der Waals surface area contributed by atoms with Crippen molar-refractivity contribution < 1.29 is 4.39 Å². The molecule has 1 unspecified atom stereocenters. The zero-order chi connectivity index (χ0) is 14.7. The summed E-state index contributed by atoms with van der Waals surface area (Å²) in [7, 11) is 0. The third-order valence-corrected chi connectivity index (χ3v) is 5.72. The Bertz CT molecular complexity index is 586. The van der Waals surface area contributed by atoms with E-state index in [1.165, 1.54) is 42.4 Å². The van der Waals surface area contributed by atoms with E-state index < -0.39 is 0 Å². The van der Waals surface area contributed by atoms with Crippen LogP contribution in [0.2, 0.25) is 0 Å². The Morgan fingerprint density at radius 3 is 2.81 bits per heavy atom. The number of thiophene rings is 1. The number of benzene rings is 1. The van der Waals surface area contributed by atoms with Gasteiger partial charge in [0.1, 0.15) is 5.82 Å². The number of hydrogen-bond acceptors (Lipinski definition) is 2. The Balaban J connectivity index is 1.88. The molecule has 0 saturated heterocycles. The maximum absolute atomic E-state index is 13.4. The summed E-state index contributed by atoms with van der Waals surface area (Å²) in [4.78, 5) is 1.39. The van der Waals surface area contributed by atoms with Crippen LogP contribution in [0.1, 0.15) is 56.4 Å². The Labute approximate surface area is 130 Å². The minimum absolute atomic E-state index is 0.133. The maximum atomic E-state index is 13.4. The average molecular weight is 305 g/mol. The van der Waals surface area contributed by atoms with E-state index in [0.717, 1.165) is 23.6 Å². The molecule has 1 N–H and O–H groups in total.